The molecule has 0 radical (unpaired) electrons. The summed E-state index contributed by atoms with van der Waals surface area (Å²) in [4.78, 5) is 37.4. The molecule has 2 aromatic rings. The highest BCUT2D eigenvalue weighted by Gasteiger charge is 2.36. The van der Waals surface area contributed by atoms with Crippen molar-refractivity contribution in [3.63, 3.8) is 0 Å². The van der Waals surface area contributed by atoms with E-state index < -0.39 is 18.0 Å². The Balaban J connectivity index is 1.89. The molecule has 1 aliphatic rings. The first-order valence-electron chi connectivity index (χ1n) is 13.1. The molecule has 1 fully saturated rings. The fourth-order valence-electron chi connectivity index (χ4n) is 4.90. The number of amides is 1. The van der Waals surface area contributed by atoms with Crippen molar-refractivity contribution in [1.29, 1.82) is 5.41 Å². The number of likely N-dealkylation sites (N-methyl/N-ethyl adjacent to an activating group) is 1. The quantitative estimate of drug-likeness (QED) is 0.385. The number of carbonyl (C=O) groups excluding carboxylic acids is 2. The minimum atomic E-state index is -0.727. The number of hydrogen-bond acceptors (Lipinski definition) is 7. The van der Waals surface area contributed by atoms with Crippen LogP contribution in [0.1, 0.15) is 69.8 Å². The number of Topliss-reactive ketones (excluding diaryl/α,β-unsaturated/α-hetero) is 1. The second-order valence-electron chi connectivity index (χ2n) is 9.87. The lowest BCUT2D eigenvalue weighted by Gasteiger charge is -2.32. The monoisotopic (exact) mass is 510 g/mol. The minimum Gasteiger partial charge on any atom is -0.344 e. The van der Waals surface area contributed by atoms with Crippen LogP contribution in [0, 0.1) is 24.1 Å². The van der Waals surface area contributed by atoms with Crippen LogP contribution in [0.25, 0.3) is 0 Å². The lowest BCUT2D eigenvalue weighted by Crippen LogP contribution is -2.53. The predicted octanol–water partition coefficient (Wildman–Crippen LogP) is 4.45. The molecule has 0 saturated heterocycles. The maximum atomic E-state index is 13.8. The Labute approximate surface area is 219 Å². The maximum Gasteiger partial charge on any atom is 0.237 e. The Bertz CT molecular complexity index is 1100. The Kier molecular flexibility index (Phi) is 9.86. The van der Waals surface area contributed by atoms with Gasteiger partial charge >= 0.3 is 0 Å². The molecule has 3 atom stereocenters. The lowest BCUT2D eigenvalue weighted by atomic mass is 9.79. The van der Waals surface area contributed by atoms with Crippen molar-refractivity contribution in [1.82, 2.24) is 20.6 Å². The molecule has 3 N–H and O–H groups in total. The van der Waals surface area contributed by atoms with Gasteiger partial charge in [-0.2, -0.15) is 0 Å². The molecule has 1 saturated carbocycles. The van der Waals surface area contributed by atoms with Crippen LogP contribution in [0.5, 0.6) is 0 Å². The van der Waals surface area contributed by atoms with Gasteiger partial charge in [0.25, 0.3) is 0 Å². The second kappa shape index (κ2) is 12.9. The van der Waals surface area contributed by atoms with Gasteiger partial charge in [-0.25, -0.2) is 14.4 Å². The number of halogens is 1. The van der Waals surface area contributed by atoms with E-state index in [0.717, 1.165) is 37.8 Å². The van der Waals surface area contributed by atoms with Crippen molar-refractivity contribution in [2.24, 2.45) is 5.92 Å². The summed E-state index contributed by atoms with van der Waals surface area (Å²) in [7, 11) is 3.53. The van der Waals surface area contributed by atoms with E-state index in [4.69, 9.17) is 5.41 Å². The van der Waals surface area contributed by atoms with Gasteiger partial charge in [0.05, 0.1) is 23.5 Å². The zero-order valence-electron chi connectivity index (χ0n) is 22.5. The molecule has 1 amide bonds. The average molecular weight is 511 g/mol. The van der Waals surface area contributed by atoms with Gasteiger partial charge in [0.2, 0.25) is 5.91 Å². The van der Waals surface area contributed by atoms with Gasteiger partial charge in [-0.3, -0.25) is 9.59 Å². The number of nitrogens with one attached hydrogen (secondary N) is 3. The van der Waals surface area contributed by atoms with E-state index in [1.54, 1.807) is 39.1 Å². The molecule has 200 valence electrons. The zero-order chi connectivity index (χ0) is 27.1. The Morgan fingerprint density at radius 3 is 2.41 bits per heavy atom. The molecule has 0 spiro atoms. The van der Waals surface area contributed by atoms with Gasteiger partial charge in [-0.15, -0.1) is 0 Å². The van der Waals surface area contributed by atoms with E-state index >= 15 is 0 Å². The normalized spacial score (nSPS) is 16.5. The molecule has 0 bridgehead atoms. The topological polar surface area (TPSA) is 111 Å². The van der Waals surface area contributed by atoms with Gasteiger partial charge in [-0.1, -0.05) is 26.2 Å². The van der Waals surface area contributed by atoms with Crippen LogP contribution < -0.4 is 15.5 Å². The second-order valence-corrected chi connectivity index (χ2v) is 9.87. The molecule has 1 aliphatic carbocycles. The summed E-state index contributed by atoms with van der Waals surface area (Å²) in [5.74, 6) is -0.335. The highest BCUT2D eigenvalue weighted by Crippen LogP contribution is 2.30. The van der Waals surface area contributed by atoms with Crippen molar-refractivity contribution in [2.45, 2.75) is 77.3 Å². The van der Waals surface area contributed by atoms with Gasteiger partial charge in [-0.05, 0) is 70.3 Å². The highest BCUT2D eigenvalue weighted by molar-refractivity contribution is 6.42. The summed E-state index contributed by atoms with van der Waals surface area (Å²) in [5, 5.41) is 14.8. The average Bonchev–Trinajstić information content (AvgIpc) is 2.91. The fourth-order valence-corrected chi connectivity index (χ4v) is 4.90. The number of nitrogens with zero attached hydrogens (tertiary/aromatic N) is 3. The summed E-state index contributed by atoms with van der Waals surface area (Å²) in [6.45, 7) is 5.44. The summed E-state index contributed by atoms with van der Waals surface area (Å²) < 4.78 is 13.4. The SMILES string of the molecule is CC[C@H](C(=N)C(=O)[C@@H](NC(=O)[C@H](C)NC)C1CCCCC1)c1cc(N(C)c2ccc(F)cc2)nc(C)n1. The third-order valence-corrected chi connectivity index (χ3v) is 7.31. The largest absolute Gasteiger partial charge is 0.344 e. The summed E-state index contributed by atoms with van der Waals surface area (Å²) in [6, 6.07) is 6.72. The van der Waals surface area contributed by atoms with E-state index in [2.05, 4.69) is 20.6 Å². The Morgan fingerprint density at radius 2 is 1.81 bits per heavy atom. The molecular weight excluding hydrogens is 471 g/mol. The van der Waals surface area contributed by atoms with Crippen molar-refractivity contribution in [3.05, 3.63) is 47.7 Å². The minimum absolute atomic E-state index is 0.0133. The zero-order valence-corrected chi connectivity index (χ0v) is 22.5. The number of hydrogen-bond donors (Lipinski definition) is 3. The first kappa shape index (κ1) is 28.4. The van der Waals surface area contributed by atoms with E-state index in [-0.39, 0.29) is 29.1 Å². The molecule has 3 rings (SSSR count). The van der Waals surface area contributed by atoms with Crippen LogP contribution in [0.4, 0.5) is 15.9 Å². The number of aryl methyl sites for hydroxylation is 1. The van der Waals surface area contributed by atoms with Gasteiger partial charge in [0.15, 0.2) is 5.78 Å². The first-order chi connectivity index (χ1) is 17.7. The number of anilines is 2. The molecular formula is C28H39FN6O2. The van der Waals surface area contributed by atoms with Crippen LogP contribution in [-0.2, 0) is 9.59 Å². The maximum absolute atomic E-state index is 13.8. The van der Waals surface area contributed by atoms with Crippen LogP contribution in [0.2, 0.25) is 0 Å². The van der Waals surface area contributed by atoms with Gasteiger partial charge in [0.1, 0.15) is 17.5 Å². The van der Waals surface area contributed by atoms with Crippen molar-refractivity contribution >= 4 is 28.9 Å². The molecule has 8 nitrogen and oxygen atoms in total. The van der Waals surface area contributed by atoms with Crippen LogP contribution >= 0.6 is 0 Å². The smallest absolute Gasteiger partial charge is 0.237 e. The van der Waals surface area contributed by atoms with Gasteiger partial charge < -0.3 is 20.9 Å². The number of benzene rings is 1. The Hall–Kier alpha value is -3.20. The molecule has 1 heterocycles. The number of ketones is 1. The Morgan fingerprint density at radius 1 is 1.16 bits per heavy atom. The van der Waals surface area contributed by atoms with E-state index in [0.29, 0.717) is 23.8 Å². The number of rotatable bonds is 11. The third kappa shape index (κ3) is 6.97. The summed E-state index contributed by atoms with van der Waals surface area (Å²) in [6.07, 6.45) is 5.36. The summed E-state index contributed by atoms with van der Waals surface area (Å²) >= 11 is 0. The van der Waals surface area contributed by atoms with Crippen LogP contribution in [0.15, 0.2) is 30.3 Å². The molecule has 37 heavy (non-hydrogen) atoms. The molecule has 0 unspecified atom stereocenters. The number of carbonyl (C=O) groups is 2. The summed E-state index contributed by atoms with van der Waals surface area (Å²) in [5.41, 5.74) is 1.28. The van der Waals surface area contributed by atoms with Crippen molar-refractivity contribution in [2.75, 3.05) is 19.0 Å². The van der Waals surface area contributed by atoms with E-state index in [9.17, 15) is 14.0 Å². The van der Waals surface area contributed by atoms with Crippen LogP contribution in [-0.4, -0.2) is 53.5 Å². The van der Waals surface area contributed by atoms with Crippen LogP contribution in [0.3, 0.4) is 0 Å². The highest BCUT2D eigenvalue weighted by atomic mass is 19.1. The molecule has 1 aromatic heterocycles. The number of aromatic nitrogens is 2. The lowest BCUT2D eigenvalue weighted by molar-refractivity contribution is -0.127. The fraction of sp³-hybridized carbons (Fsp3) is 0.536. The predicted molar refractivity (Wildman–Crippen MR) is 144 cm³/mol. The third-order valence-electron chi connectivity index (χ3n) is 7.31. The van der Waals surface area contributed by atoms with Crippen molar-refractivity contribution in [3.8, 4) is 0 Å². The standard InChI is InChI=1S/C28H39FN6O2/c1-6-22(23-16-24(33-18(3)32-23)35(5)21-14-12-20(29)13-15-21)25(30)27(36)26(19-10-8-7-9-11-19)34-28(37)17(2)31-4/h12-17,19,22,26,30-31H,6-11H2,1-5H3,(H,34,37)/t17-,22-,26-/m0/s1. The molecule has 1 aromatic carbocycles. The van der Waals surface area contributed by atoms with Gasteiger partial charge in [0, 0.05) is 24.7 Å². The molecule has 9 heteroatoms. The van der Waals surface area contributed by atoms with E-state index in [1.807, 2.05) is 18.9 Å². The van der Waals surface area contributed by atoms with E-state index in [1.165, 1.54) is 12.1 Å². The van der Waals surface area contributed by atoms with Crippen molar-refractivity contribution < 1.29 is 14.0 Å². The first-order valence-corrected chi connectivity index (χ1v) is 13.1. The molecule has 0 aliphatic heterocycles.